The second kappa shape index (κ2) is 4.92. The summed E-state index contributed by atoms with van der Waals surface area (Å²) >= 11 is 2.28. The summed E-state index contributed by atoms with van der Waals surface area (Å²) in [5, 5.41) is 1.02. The molecule has 0 heterocycles. The van der Waals surface area contributed by atoms with Gasteiger partial charge in [0.15, 0.2) is 0 Å². The maximum absolute atomic E-state index is 2.55. The van der Waals surface area contributed by atoms with Gasteiger partial charge in [-0.1, -0.05) is 34.1 Å². The Balaban J connectivity index is 1.86. The van der Waals surface area contributed by atoms with Crippen molar-refractivity contribution in [3.8, 4) is 0 Å². The van der Waals surface area contributed by atoms with E-state index in [2.05, 4.69) is 39.5 Å². The lowest BCUT2D eigenvalue weighted by Crippen LogP contribution is -2.33. The minimum absolute atomic E-state index is 0.673. The van der Waals surface area contributed by atoms with Crippen molar-refractivity contribution in [2.45, 2.75) is 65.0 Å². The minimum atomic E-state index is 0.673. The van der Waals surface area contributed by atoms with Gasteiger partial charge in [0.05, 0.1) is 0 Å². The molecule has 0 amide bonds. The van der Waals surface area contributed by atoms with E-state index in [1.165, 1.54) is 31.4 Å². The molecule has 0 spiro atoms. The van der Waals surface area contributed by atoms with Gasteiger partial charge in [-0.15, -0.1) is 0 Å². The van der Waals surface area contributed by atoms with Crippen molar-refractivity contribution in [2.24, 2.45) is 23.2 Å². The third kappa shape index (κ3) is 2.17. The molecule has 2 aliphatic carbocycles. The number of thioether (sulfide) groups is 1. The molecule has 0 aromatic carbocycles. The number of fused-ring (bicyclic) bond motifs is 2. The predicted molar refractivity (Wildman–Crippen MR) is 74.9 cm³/mol. The van der Waals surface area contributed by atoms with E-state index in [0.29, 0.717) is 5.41 Å². The molecule has 2 unspecified atom stereocenters. The second-order valence-corrected chi connectivity index (χ2v) is 7.90. The average Bonchev–Trinajstić information content (AvgIpc) is 2.75. The molecule has 0 N–H and O–H groups in total. The van der Waals surface area contributed by atoms with Gasteiger partial charge in [-0.05, 0) is 54.6 Å². The second-order valence-electron chi connectivity index (χ2n) is 6.56. The van der Waals surface area contributed by atoms with E-state index in [-0.39, 0.29) is 0 Å². The molecule has 0 aromatic rings. The first-order valence-corrected chi connectivity index (χ1v) is 8.24. The molecule has 0 nitrogen and oxygen atoms in total. The van der Waals surface area contributed by atoms with Crippen molar-refractivity contribution in [2.75, 3.05) is 5.75 Å². The molecule has 0 saturated heterocycles. The average molecular weight is 240 g/mol. The Bertz CT molecular complexity index is 236. The lowest BCUT2D eigenvalue weighted by atomic mass is 9.67. The monoisotopic (exact) mass is 240 g/mol. The van der Waals surface area contributed by atoms with Crippen LogP contribution in [-0.2, 0) is 0 Å². The van der Waals surface area contributed by atoms with Crippen LogP contribution in [0.2, 0.25) is 0 Å². The molecule has 2 saturated carbocycles. The van der Waals surface area contributed by atoms with Crippen LogP contribution in [0.1, 0.15) is 59.8 Å². The molecule has 0 aliphatic heterocycles. The first-order valence-electron chi connectivity index (χ1n) is 7.19. The SMILES string of the molecule is CCCCSC1CC2C[C@@H]1C[C@@]2(C)C(C)C. The van der Waals surface area contributed by atoms with Crippen LogP contribution in [0.25, 0.3) is 0 Å². The fourth-order valence-corrected chi connectivity index (χ4v) is 5.47. The summed E-state index contributed by atoms with van der Waals surface area (Å²) in [7, 11) is 0. The number of hydrogen-bond acceptors (Lipinski definition) is 1. The number of hydrogen-bond donors (Lipinski definition) is 0. The first kappa shape index (κ1) is 12.8. The van der Waals surface area contributed by atoms with E-state index in [9.17, 15) is 0 Å². The molecule has 1 heteroatoms. The Morgan fingerprint density at radius 1 is 1.31 bits per heavy atom. The highest BCUT2D eigenvalue weighted by Crippen LogP contribution is 2.61. The summed E-state index contributed by atoms with van der Waals surface area (Å²) in [6, 6.07) is 0. The summed E-state index contributed by atoms with van der Waals surface area (Å²) in [6.45, 7) is 9.71. The topological polar surface area (TPSA) is 0 Å². The third-order valence-electron chi connectivity index (χ3n) is 5.41. The Morgan fingerprint density at radius 2 is 2.06 bits per heavy atom. The lowest BCUT2D eigenvalue weighted by molar-refractivity contribution is 0.122. The van der Waals surface area contributed by atoms with E-state index >= 15 is 0 Å². The molecular formula is C15H28S. The van der Waals surface area contributed by atoms with E-state index in [0.717, 1.165) is 23.0 Å². The van der Waals surface area contributed by atoms with Crippen LogP contribution in [0.5, 0.6) is 0 Å². The van der Waals surface area contributed by atoms with Crippen LogP contribution in [0.3, 0.4) is 0 Å². The van der Waals surface area contributed by atoms with Crippen LogP contribution >= 0.6 is 11.8 Å². The van der Waals surface area contributed by atoms with Crippen LogP contribution < -0.4 is 0 Å². The molecule has 2 bridgehead atoms. The van der Waals surface area contributed by atoms with Crippen molar-refractivity contribution in [1.29, 1.82) is 0 Å². The molecule has 94 valence electrons. The van der Waals surface area contributed by atoms with Crippen LogP contribution in [0.15, 0.2) is 0 Å². The highest BCUT2D eigenvalue weighted by molar-refractivity contribution is 7.99. The minimum Gasteiger partial charge on any atom is -0.158 e. The van der Waals surface area contributed by atoms with Crippen molar-refractivity contribution in [3.05, 3.63) is 0 Å². The molecule has 2 rings (SSSR count). The Labute approximate surface area is 106 Å². The van der Waals surface area contributed by atoms with Crippen LogP contribution in [-0.4, -0.2) is 11.0 Å². The summed E-state index contributed by atoms with van der Waals surface area (Å²) < 4.78 is 0. The zero-order valence-electron chi connectivity index (χ0n) is 11.5. The van der Waals surface area contributed by atoms with Gasteiger partial charge in [0.2, 0.25) is 0 Å². The van der Waals surface area contributed by atoms with E-state index in [4.69, 9.17) is 0 Å². The molecule has 2 aliphatic rings. The van der Waals surface area contributed by atoms with Gasteiger partial charge >= 0.3 is 0 Å². The maximum Gasteiger partial charge on any atom is 0.00784 e. The van der Waals surface area contributed by atoms with Crippen LogP contribution in [0, 0.1) is 23.2 Å². The van der Waals surface area contributed by atoms with Gasteiger partial charge < -0.3 is 0 Å². The van der Waals surface area contributed by atoms with Gasteiger partial charge in [0, 0.05) is 5.25 Å². The van der Waals surface area contributed by atoms with Crippen molar-refractivity contribution < 1.29 is 0 Å². The van der Waals surface area contributed by atoms with E-state index in [1.807, 2.05) is 0 Å². The number of unbranched alkanes of at least 4 members (excludes halogenated alkanes) is 1. The quantitative estimate of drug-likeness (QED) is 0.611. The number of rotatable bonds is 5. The Morgan fingerprint density at radius 3 is 2.56 bits per heavy atom. The summed E-state index contributed by atoms with van der Waals surface area (Å²) in [5.41, 5.74) is 0.673. The zero-order valence-corrected chi connectivity index (χ0v) is 12.3. The van der Waals surface area contributed by atoms with E-state index in [1.54, 1.807) is 6.42 Å². The molecule has 2 fully saturated rings. The van der Waals surface area contributed by atoms with Crippen molar-refractivity contribution in [3.63, 3.8) is 0 Å². The van der Waals surface area contributed by atoms with Crippen LogP contribution in [0.4, 0.5) is 0 Å². The molecule has 0 radical (unpaired) electrons. The molecule has 16 heavy (non-hydrogen) atoms. The summed E-state index contributed by atoms with van der Waals surface area (Å²) in [5.74, 6) is 4.38. The molecular weight excluding hydrogens is 212 g/mol. The molecule has 0 aromatic heterocycles. The largest absolute Gasteiger partial charge is 0.158 e. The van der Waals surface area contributed by atoms with Crippen molar-refractivity contribution in [1.82, 2.24) is 0 Å². The normalized spacial score (nSPS) is 42.2. The predicted octanol–water partition coefficient (Wildman–Crippen LogP) is 4.98. The maximum atomic E-state index is 2.55. The fraction of sp³-hybridized carbons (Fsp3) is 1.00. The van der Waals surface area contributed by atoms with Gasteiger partial charge in [-0.2, -0.15) is 11.8 Å². The fourth-order valence-electron chi connectivity index (χ4n) is 3.86. The van der Waals surface area contributed by atoms with Gasteiger partial charge in [-0.3, -0.25) is 0 Å². The molecule has 4 atom stereocenters. The first-order chi connectivity index (χ1) is 7.58. The van der Waals surface area contributed by atoms with Gasteiger partial charge in [0.25, 0.3) is 0 Å². The smallest absolute Gasteiger partial charge is 0.00784 e. The lowest BCUT2D eigenvalue weighted by Gasteiger charge is -2.40. The van der Waals surface area contributed by atoms with Gasteiger partial charge in [0.1, 0.15) is 0 Å². The highest BCUT2D eigenvalue weighted by Gasteiger charge is 2.53. The standard InChI is InChI=1S/C15H28S/c1-5-6-7-16-14-9-13-8-12(14)10-15(13,4)11(2)3/h11-14H,5-10H2,1-4H3/t12-,13?,14?,15+/m1/s1. The Kier molecular flexibility index (Phi) is 3.93. The summed E-state index contributed by atoms with van der Waals surface area (Å²) in [4.78, 5) is 0. The highest BCUT2D eigenvalue weighted by atomic mass is 32.2. The Hall–Kier alpha value is 0.350. The van der Waals surface area contributed by atoms with E-state index < -0.39 is 0 Å². The van der Waals surface area contributed by atoms with Crippen molar-refractivity contribution >= 4 is 11.8 Å². The van der Waals surface area contributed by atoms with Gasteiger partial charge in [-0.25, -0.2) is 0 Å². The zero-order chi connectivity index (χ0) is 11.8. The third-order valence-corrected chi connectivity index (χ3v) is 6.94. The summed E-state index contributed by atoms with van der Waals surface area (Å²) in [6.07, 6.45) is 7.35.